The fourth-order valence-corrected chi connectivity index (χ4v) is 1.78. The zero-order chi connectivity index (χ0) is 18.2. The second-order valence-corrected chi connectivity index (χ2v) is 4.89. The van der Waals surface area contributed by atoms with Crippen LogP contribution in [0.25, 0.3) is 0 Å². The van der Waals surface area contributed by atoms with E-state index in [0.717, 1.165) is 12.1 Å². The van der Waals surface area contributed by atoms with Crippen molar-refractivity contribution in [2.24, 2.45) is 0 Å². The molecule has 4 amide bonds. The summed E-state index contributed by atoms with van der Waals surface area (Å²) in [6.45, 7) is 0. The molecule has 0 aliphatic carbocycles. The van der Waals surface area contributed by atoms with Gasteiger partial charge in [-0.05, 0) is 42.0 Å². The number of halogens is 2. The summed E-state index contributed by atoms with van der Waals surface area (Å²) in [5, 5.41) is 0. The van der Waals surface area contributed by atoms with Gasteiger partial charge in [0.05, 0.1) is 6.42 Å². The lowest BCUT2D eigenvalue weighted by Gasteiger charge is -2.10. The second-order valence-electron chi connectivity index (χ2n) is 4.89. The minimum Gasteiger partial charge on any atom is -0.273 e. The highest BCUT2D eigenvalue weighted by atomic mass is 19.1. The van der Waals surface area contributed by atoms with Gasteiger partial charge < -0.3 is 0 Å². The lowest BCUT2D eigenvalue weighted by atomic mass is 10.1. The van der Waals surface area contributed by atoms with E-state index in [1.54, 1.807) is 0 Å². The van der Waals surface area contributed by atoms with Gasteiger partial charge in [0.1, 0.15) is 11.6 Å². The van der Waals surface area contributed by atoms with Crippen LogP contribution < -0.4 is 21.7 Å². The van der Waals surface area contributed by atoms with E-state index < -0.39 is 29.5 Å². The molecule has 0 unspecified atom stereocenters. The molecule has 7 nitrogen and oxygen atoms in total. The largest absolute Gasteiger partial charge is 0.352 e. The van der Waals surface area contributed by atoms with E-state index in [9.17, 15) is 23.2 Å². The highest BCUT2D eigenvalue weighted by Gasteiger charge is 2.08. The molecule has 0 aliphatic heterocycles. The number of hydrogen-bond acceptors (Lipinski definition) is 3. The van der Waals surface area contributed by atoms with Crippen molar-refractivity contribution in [3.8, 4) is 0 Å². The standard InChI is InChI=1S/C16H14F2N4O3/c17-12-5-1-10(2-6-12)9-14(23)19-21-16(25)22-20-15(24)11-3-7-13(18)8-4-11/h1-8H,9H2,(H,19,23)(H,20,24)(H2,21,22,25). The molecule has 0 bridgehead atoms. The van der Waals surface area contributed by atoms with Gasteiger partial charge in [0.25, 0.3) is 5.91 Å². The normalized spacial score (nSPS) is 9.84. The van der Waals surface area contributed by atoms with Crippen molar-refractivity contribution in [1.29, 1.82) is 0 Å². The smallest absolute Gasteiger partial charge is 0.273 e. The molecule has 0 aromatic heterocycles. The van der Waals surface area contributed by atoms with Gasteiger partial charge in [-0.1, -0.05) is 12.1 Å². The van der Waals surface area contributed by atoms with Crippen molar-refractivity contribution >= 4 is 17.8 Å². The van der Waals surface area contributed by atoms with Crippen LogP contribution in [0.1, 0.15) is 15.9 Å². The molecule has 0 saturated heterocycles. The predicted octanol–water partition coefficient (Wildman–Crippen LogP) is 1.18. The number of carbonyl (C=O) groups excluding carboxylic acids is 3. The minimum atomic E-state index is -0.886. The molecule has 130 valence electrons. The zero-order valence-electron chi connectivity index (χ0n) is 12.8. The van der Waals surface area contributed by atoms with Crippen LogP contribution in [0.4, 0.5) is 13.6 Å². The van der Waals surface area contributed by atoms with Crippen LogP contribution in [0.3, 0.4) is 0 Å². The van der Waals surface area contributed by atoms with Crippen LogP contribution in [0.5, 0.6) is 0 Å². The monoisotopic (exact) mass is 348 g/mol. The highest BCUT2D eigenvalue weighted by molar-refractivity contribution is 5.95. The Morgan fingerprint density at radius 1 is 0.720 bits per heavy atom. The van der Waals surface area contributed by atoms with E-state index in [1.807, 2.05) is 10.9 Å². The Kier molecular flexibility index (Phi) is 5.99. The third kappa shape index (κ3) is 5.90. The van der Waals surface area contributed by atoms with E-state index in [-0.39, 0.29) is 12.0 Å². The maximum absolute atomic E-state index is 12.8. The Bertz CT molecular complexity index is 764. The molecular weight excluding hydrogens is 334 g/mol. The van der Waals surface area contributed by atoms with Crippen LogP contribution in [0.2, 0.25) is 0 Å². The summed E-state index contributed by atoms with van der Waals surface area (Å²) in [5.41, 5.74) is 8.95. The van der Waals surface area contributed by atoms with Crippen molar-refractivity contribution < 1.29 is 23.2 Å². The Morgan fingerprint density at radius 2 is 1.24 bits per heavy atom. The van der Waals surface area contributed by atoms with Gasteiger partial charge in [-0.25, -0.2) is 24.4 Å². The Balaban J connectivity index is 1.71. The third-order valence-corrected chi connectivity index (χ3v) is 2.99. The number of hydrazine groups is 2. The molecule has 0 heterocycles. The van der Waals surface area contributed by atoms with Crippen LogP contribution in [-0.2, 0) is 11.2 Å². The summed E-state index contributed by atoms with van der Waals surface area (Å²) in [6.07, 6.45) is -0.0670. The van der Waals surface area contributed by atoms with Gasteiger partial charge in [-0.3, -0.25) is 20.4 Å². The van der Waals surface area contributed by atoms with E-state index in [2.05, 4.69) is 10.9 Å². The topological polar surface area (TPSA) is 99.3 Å². The number of carbonyl (C=O) groups is 3. The fourth-order valence-electron chi connectivity index (χ4n) is 1.78. The number of rotatable bonds is 3. The molecule has 0 saturated carbocycles. The summed E-state index contributed by atoms with van der Waals surface area (Å²) in [5.74, 6) is -2.11. The molecule has 2 aromatic rings. The molecule has 0 fully saturated rings. The highest BCUT2D eigenvalue weighted by Crippen LogP contribution is 2.03. The van der Waals surface area contributed by atoms with Crippen LogP contribution >= 0.6 is 0 Å². The van der Waals surface area contributed by atoms with Gasteiger partial charge in [0.2, 0.25) is 5.91 Å². The molecule has 25 heavy (non-hydrogen) atoms. The van der Waals surface area contributed by atoms with E-state index in [4.69, 9.17) is 0 Å². The van der Waals surface area contributed by atoms with Crippen LogP contribution in [-0.4, -0.2) is 17.8 Å². The molecule has 0 atom stereocenters. The summed E-state index contributed by atoms with van der Waals surface area (Å²) in [6, 6.07) is 9.12. The zero-order valence-corrected chi connectivity index (χ0v) is 12.8. The summed E-state index contributed by atoms with van der Waals surface area (Å²) >= 11 is 0. The number of benzene rings is 2. The number of nitrogens with one attached hydrogen (secondary N) is 4. The van der Waals surface area contributed by atoms with Crippen molar-refractivity contribution in [3.05, 3.63) is 71.3 Å². The Hall–Kier alpha value is -3.49. The first-order valence-electron chi connectivity index (χ1n) is 7.09. The quantitative estimate of drug-likeness (QED) is 0.627. The van der Waals surface area contributed by atoms with Crippen LogP contribution in [0, 0.1) is 11.6 Å². The lowest BCUT2D eigenvalue weighted by Crippen LogP contribution is -2.52. The summed E-state index contributed by atoms with van der Waals surface area (Å²) in [4.78, 5) is 34.8. The number of urea groups is 1. The predicted molar refractivity (Wildman–Crippen MR) is 83.8 cm³/mol. The molecule has 0 radical (unpaired) electrons. The average Bonchev–Trinajstić information content (AvgIpc) is 2.60. The first-order chi connectivity index (χ1) is 11.9. The maximum Gasteiger partial charge on any atom is 0.352 e. The SMILES string of the molecule is O=C(Cc1ccc(F)cc1)NNC(=O)NNC(=O)c1ccc(F)cc1. The maximum atomic E-state index is 12.8. The molecule has 2 aromatic carbocycles. The molecule has 4 N–H and O–H groups in total. The minimum absolute atomic E-state index is 0.0670. The first kappa shape index (κ1) is 17.9. The van der Waals surface area contributed by atoms with Crippen molar-refractivity contribution in [2.45, 2.75) is 6.42 Å². The Morgan fingerprint density at radius 3 is 1.84 bits per heavy atom. The number of hydrogen-bond donors (Lipinski definition) is 4. The number of amides is 4. The van der Waals surface area contributed by atoms with Gasteiger partial charge in [0, 0.05) is 5.56 Å². The molecule has 0 spiro atoms. The second kappa shape index (κ2) is 8.39. The molecule has 0 aliphatic rings. The molecule has 9 heteroatoms. The van der Waals surface area contributed by atoms with E-state index in [1.165, 1.54) is 36.4 Å². The van der Waals surface area contributed by atoms with E-state index in [0.29, 0.717) is 5.56 Å². The van der Waals surface area contributed by atoms with Crippen molar-refractivity contribution in [3.63, 3.8) is 0 Å². The van der Waals surface area contributed by atoms with Crippen molar-refractivity contribution in [1.82, 2.24) is 21.7 Å². The van der Waals surface area contributed by atoms with Gasteiger partial charge in [-0.2, -0.15) is 0 Å². The van der Waals surface area contributed by atoms with Gasteiger partial charge >= 0.3 is 6.03 Å². The van der Waals surface area contributed by atoms with E-state index >= 15 is 0 Å². The molecular formula is C16H14F2N4O3. The molecule has 2 rings (SSSR count). The van der Waals surface area contributed by atoms with Gasteiger partial charge in [0.15, 0.2) is 0 Å². The van der Waals surface area contributed by atoms with Crippen LogP contribution in [0.15, 0.2) is 48.5 Å². The Labute approximate surface area is 141 Å². The fraction of sp³-hybridized carbons (Fsp3) is 0.0625. The summed E-state index contributed by atoms with van der Waals surface area (Å²) < 4.78 is 25.5. The van der Waals surface area contributed by atoms with Gasteiger partial charge in [-0.15, -0.1) is 0 Å². The van der Waals surface area contributed by atoms with Crippen molar-refractivity contribution in [2.75, 3.05) is 0 Å². The lowest BCUT2D eigenvalue weighted by molar-refractivity contribution is -0.121. The first-order valence-corrected chi connectivity index (χ1v) is 7.09. The average molecular weight is 348 g/mol. The third-order valence-electron chi connectivity index (χ3n) is 2.99. The summed E-state index contributed by atoms with van der Waals surface area (Å²) in [7, 11) is 0.